The highest BCUT2D eigenvalue weighted by Gasteiger charge is 2.44. The van der Waals surface area contributed by atoms with Gasteiger partial charge in [-0.25, -0.2) is 0 Å². The van der Waals surface area contributed by atoms with E-state index < -0.39 is 0 Å². The van der Waals surface area contributed by atoms with Gasteiger partial charge in [0.25, 0.3) is 0 Å². The van der Waals surface area contributed by atoms with Crippen molar-refractivity contribution in [3.05, 3.63) is 48.6 Å². The van der Waals surface area contributed by atoms with Gasteiger partial charge in [0.15, 0.2) is 0 Å². The van der Waals surface area contributed by atoms with Crippen molar-refractivity contribution in [2.75, 3.05) is 0 Å². The summed E-state index contributed by atoms with van der Waals surface area (Å²) < 4.78 is 0. The highest BCUT2D eigenvalue weighted by Crippen LogP contribution is 2.53. The molecular formula is C20H26O. The van der Waals surface area contributed by atoms with Crippen LogP contribution in [0, 0.1) is 47.3 Å². The Balaban J connectivity index is 0.000000105. The fourth-order valence-corrected chi connectivity index (χ4v) is 5.95. The molecule has 6 aliphatic carbocycles. The molecule has 0 aliphatic heterocycles. The van der Waals surface area contributed by atoms with E-state index in [-0.39, 0.29) is 5.48 Å². The van der Waals surface area contributed by atoms with E-state index in [0.717, 1.165) is 47.3 Å². The van der Waals surface area contributed by atoms with Gasteiger partial charge in [-0.1, -0.05) is 48.6 Å². The predicted octanol–water partition coefficient (Wildman–Crippen LogP) is 3.94. The average molecular weight is 282 g/mol. The van der Waals surface area contributed by atoms with E-state index in [1.165, 1.54) is 25.7 Å². The zero-order chi connectivity index (χ0) is 13.1. The molecule has 0 saturated heterocycles. The summed E-state index contributed by atoms with van der Waals surface area (Å²) in [6, 6.07) is 0. The molecule has 2 saturated carbocycles. The topological polar surface area (TPSA) is 31.5 Å². The molecule has 2 N–H and O–H groups in total. The lowest BCUT2D eigenvalue weighted by molar-refractivity contribution is 0.398. The predicted molar refractivity (Wildman–Crippen MR) is 86.6 cm³/mol. The number of allylic oxidation sites excluding steroid dienone is 8. The first-order valence-electron chi connectivity index (χ1n) is 8.60. The Bertz CT molecular complexity index is 478. The maximum absolute atomic E-state index is 2.44. The minimum atomic E-state index is 0. The van der Waals surface area contributed by atoms with Gasteiger partial charge in [-0.05, 0) is 73.0 Å². The molecule has 0 aromatic heterocycles. The van der Waals surface area contributed by atoms with E-state index in [1.54, 1.807) is 0 Å². The van der Waals surface area contributed by atoms with Crippen LogP contribution in [0.15, 0.2) is 48.6 Å². The molecule has 6 rings (SSSR count). The molecule has 0 heterocycles. The van der Waals surface area contributed by atoms with Crippen LogP contribution < -0.4 is 0 Å². The van der Waals surface area contributed by atoms with Crippen LogP contribution in [0.2, 0.25) is 0 Å². The van der Waals surface area contributed by atoms with Crippen molar-refractivity contribution in [1.82, 2.24) is 0 Å². The van der Waals surface area contributed by atoms with Crippen molar-refractivity contribution in [3.63, 3.8) is 0 Å². The van der Waals surface area contributed by atoms with Crippen LogP contribution in [0.1, 0.15) is 25.7 Å². The van der Waals surface area contributed by atoms with Crippen molar-refractivity contribution < 1.29 is 5.48 Å². The number of hydrogen-bond donors (Lipinski definition) is 0. The third kappa shape index (κ3) is 1.93. The van der Waals surface area contributed by atoms with E-state index >= 15 is 0 Å². The molecule has 0 amide bonds. The third-order valence-corrected chi connectivity index (χ3v) is 6.91. The standard InChI is InChI=1S/2C10H12.H2O/c2*1-2-9-7-4-5-8(6-7)10(9)3-1;/h2*1-2,4-5,7-10H,3,6H2;1H2. The van der Waals surface area contributed by atoms with Crippen molar-refractivity contribution in [2.24, 2.45) is 47.3 Å². The minimum absolute atomic E-state index is 0. The number of fused-ring (bicyclic) bond motifs is 10. The Kier molecular flexibility index (Phi) is 3.22. The second-order valence-corrected chi connectivity index (χ2v) is 7.71. The molecular weight excluding hydrogens is 256 g/mol. The Morgan fingerprint density at radius 3 is 1.38 bits per heavy atom. The van der Waals surface area contributed by atoms with Crippen molar-refractivity contribution >= 4 is 0 Å². The van der Waals surface area contributed by atoms with Gasteiger partial charge in [-0.15, -0.1) is 0 Å². The monoisotopic (exact) mass is 282 g/mol. The van der Waals surface area contributed by atoms with Crippen LogP contribution in [-0.2, 0) is 0 Å². The smallest absolute Gasteiger partial charge is 0.0133 e. The first kappa shape index (κ1) is 13.6. The zero-order valence-corrected chi connectivity index (χ0v) is 12.6. The lowest BCUT2D eigenvalue weighted by Gasteiger charge is -2.18. The fraction of sp³-hybridized carbons (Fsp3) is 0.600. The maximum atomic E-state index is 2.44. The lowest BCUT2D eigenvalue weighted by Crippen LogP contribution is -2.12. The summed E-state index contributed by atoms with van der Waals surface area (Å²) in [7, 11) is 0. The van der Waals surface area contributed by atoms with Crippen molar-refractivity contribution in [3.8, 4) is 0 Å². The normalized spacial score (nSPS) is 51.8. The lowest BCUT2D eigenvalue weighted by atomic mass is 9.86. The number of hydrogen-bond acceptors (Lipinski definition) is 0. The molecule has 0 aromatic carbocycles. The summed E-state index contributed by atoms with van der Waals surface area (Å²) in [6.07, 6.45) is 25.0. The van der Waals surface area contributed by atoms with Crippen LogP contribution in [0.5, 0.6) is 0 Å². The SMILES string of the molecule is C1=CC2C3C=CC(C3)C2C1.C1=CC2C3C=CC(C3)C2C1.O. The molecule has 112 valence electrons. The number of rotatable bonds is 0. The van der Waals surface area contributed by atoms with E-state index in [1.807, 2.05) is 0 Å². The second-order valence-electron chi connectivity index (χ2n) is 7.71. The summed E-state index contributed by atoms with van der Waals surface area (Å²) >= 11 is 0. The highest BCUT2D eigenvalue weighted by molar-refractivity contribution is 5.22. The van der Waals surface area contributed by atoms with Gasteiger partial charge in [0, 0.05) is 0 Å². The molecule has 21 heavy (non-hydrogen) atoms. The minimum Gasteiger partial charge on any atom is -0.412 e. The Hall–Kier alpha value is -1.08. The molecule has 8 unspecified atom stereocenters. The van der Waals surface area contributed by atoms with E-state index in [4.69, 9.17) is 0 Å². The van der Waals surface area contributed by atoms with Crippen LogP contribution in [0.3, 0.4) is 0 Å². The summed E-state index contributed by atoms with van der Waals surface area (Å²) in [6.45, 7) is 0. The van der Waals surface area contributed by atoms with Gasteiger partial charge in [0.1, 0.15) is 0 Å². The average Bonchev–Trinajstić information content (AvgIpc) is 3.28. The molecule has 1 heteroatoms. The summed E-state index contributed by atoms with van der Waals surface area (Å²) in [4.78, 5) is 0. The summed E-state index contributed by atoms with van der Waals surface area (Å²) in [5, 5.41) is 0. The van der Waals surface area contributed by atoms with Crippen LogP contribution >= 0.6 is 0 Å². The molecule has 0 aromatic rings. The van der Waals surface area contributed by atoms with Gasteiger partial charge in [0.05, 0.1) is 0 Å². The molecule has 8 atom stereocenters. The van der Waals surface area contributed by atoms with E-state index in [0.29, 0.717) is 0 Å². The first-order valence-corrected chi connectivity index (χ1v) is 8.60. The van der Waals surface area contributed by atoms with Gasteiger partial charge in [-0.3, -0.25) is 0 Å². The van der Waals surface area contributed by atoms with Gasteiger partial charge in [0.2, 0.25) is 0 Å². The summed E-state index contributed by atoms with van der Waals surface area (Å²) in [5.74, 6) is 7.65. The van der Waals surface area contributed by atoms with E-state index in [2.05, 4.69) is 48.6 Å². The quantitative estimate of drug-likeness (QED) is 0.603. The molecule has 1 nitrogen and oxygen atoms in total. The van der Waals surface area contributed by atoms with Crippen molar-refractivity contribution in [1.29, 1.82) is 0 Å². The van der Waals surface area contributed by atoms with Crippen LogP contribution in [0.4, 0.5) is 0 Å². The fourth-order valence-electron chi connectivity index (χ4n) is 5.95. The third-order valence-electron chi connectivity index (χ3n) is 6.91. The van der Waals surface area contributed by atoms with Gasteiger partial charge < -0.3 is 5.48 Å². The van der Waals surface area contributed by atoms with Crippen LogP contribution in [-0.4, -0.2) is 5.48 Å². The second kappa shape index (κ2) is 4.98. The zero-order valence-electron chi connectivity index (χ0n) is 12.6. The molecule has 4 bridgehead atoms. The Morgan fingerprint density at radius 2 is 0.952 bits per heavy atom. The van der Waals surface area contributed by atoms with E-state index in [9.17, 15) is 0 Å². The molecule has 0 spiro atoms. The van der Waals surface area contributed by atoms with Gasteiger partial charge in [-0.2, -0.15) is 0 Å². The summed E-state index contributed by atoms with van der Waals surface area (Å²) in [5.41, 5.74) is 0. The molecule has 0 radical (unpaired) electrons. The Labute approximate surface area is 127 Å². The maximum Gasteiger partial charge on any atom is -0.0133 e. The largest absolute Gasteiger partial charge is 0.412 e. The molecule has 6 aliphatic rings. The van der Waals surface area contributed by atoms with Crippen molar-refractivity contribution in [2.45, 2.75) is 25.7 Å². The van der Waals surface area contributed by atoms with Crippen LogP contribution in [0.25, 0.3) is 0 Å². The molecule has 2 fully saturated rings. The highest BCUT2D eigenvalue weighted by atomic mass is 16.0. The van der Waals surface area contributed by atoms with Gasteiger partial charge >= 0.3 is 0 Å². The first-order chi connectivity index (χ1) is 9.90. The Morgan fingerprint density at radius 1 is 0.524 bits per heavy atom.